The maximum Gasteiger partial charge on any atom is 0.250 e. The number of aromatic nitrogens is 1. The van der Waals surface area contributed by atoms with Gasteiger partial charge in [-0.05, 0) is 24.8 Å². The average molecular weight is 322 g/mol. The molecule has 0 aliphatic heterocycles. The van der Waals surface area contributed by atoms with Gasteiger partial charge in [-0.2, -0.15) is 0 Å². The molecule has 6 heteroatoms. The Morgan fingerprint density at radius 2 is 2.13 bits per heavy atom. The lowest BCUT2D eigenvalue weighted by Crippen LogP contribution is -2.30. The van der Waals surface area contributed by atoms with Crippen molar-refractivity contribution >= 4 is 11.6 Å². The zero-order chi connectivity index (χ0) is 16.7. The van der Waals surface area contributed by atoms with Gasteiger partial charge in [-0.15, -0.1) is 0 Å². The van der Waals surface area contributed by atoms with Crippen molar-refractivity contribution in [2.24, 2.45) is 5.92 Å². The van der Waals surface area contributed by atoms with Gasteiger partial charge in [-0.1, -0.05) is 19.8 Å². The molecule has 1 amide bonds. The van der Waals surface area contributed by atoms with E-state index < -0.39 is 0 Å². The van der Waals surface area contributed by atoms with Crippen molar-refractivity contribution in [3.63, 3.8) is 0 Å². The first-order valence-electron chi connectivity index (χ1n) is 8.21. The van der Waals surface area contributed by atoms with E-state index in [9.17, 15) is 9.59 Å². The van der Waals surface area contributed by atoms with Gasteiger partial charge in [0.1, 0.15) is 6.61 Å². The molecule has 1 N–H and O–H groups in total. The number of nitrogens with one attached hydrogen (secondary N) is 1. The molecule has 128 valence electrons. The zero-order valence-corrected chi connectivity index (χ0v) is 13.9. The number of pyridine rings is 1. The Morgan fingerprint density at radius 3 is 2.87 bits per heavy atom. The van der Waals surface area contributed by atoms with E-state index >= 15 is 0 Å². The zero-order valence-electron chi connectivity index (χ0n) is 13.9. The lowest BCUT2D eigenvalue weighted by molar-refractivity contribution is -0.124. The highest BCUT2D eigenvalue weighted by Crippen LogP contribution is 2.26. The summed E-state index contributed by atoms with van der Waals surface area (Å²) in [5, 5.41) is 2.78. The van der Waals surface area contributed by atoms with E-state index in [1.807, 2.05) is 0 Å². The highest BCUT2D eigenvalue weighted by molar-refractivity contribution is 5.91. The minimum atomic E-state index is -0.195. The van der Waals surface area contributed by atoms with Gasteiger partial charge in [-0.25, -0.2) is 0 Å². The molecule has 23 heavy (non-hydrogen) atoms. The lowest BCUT2D eigenvalue weighted by atomic mass is 9.88. The summed E-state index contributed by atoms with van der Waals surface area (Å²) in [6.45, 7) is 3.12. The van der Waals surface area contributed by atoms with Crippen molar-refractivity contribution in [3.05, 3.63) is 28.7 Å². The van der Waals surface area contributed by atoms with Crippen molar-refractivity contribution in [2.45, 2.75) is 45.3 Å². The van der Waals surface area contributed by atoms with Gasteiger partial charge in [0.2, 0.25) is 5.91 Å². The van der Waals surface area contributed by atoms with E-state index in [0.717, 1.165) is 12.8 Å². The Morgan fingerprint density at radius 1 is 1.35 bits per heavy atom. The number of nitrogens with zero attached hydrogens (tertiary/aromatic N) is 1. The van der Waals surface area contributed by atoms with Gasteiger partial charge < -0.3 is 19.4 Å². The third-order valence-corrected chi connectivity index (χ3v) is 4.26. The number of carbonyl (C=O) groups is 1. The molecule has 1 aromatic rings. The molecule has 0 spiro atoms. The molecule has 1 aliphatic rings. The minimum Gasteiger partial charge on any atom is -0.383 e. The molecule has 0 aromatic carbocycles. The van der Waals surface area contributed by atoms with Gasteiger partial charge >= 0.3 is 0 Å². The fourth-order valence-corrected chi connectivity index (χ4v) is 2.88. The number of ether oxygens (including phenoxy) is 2. The van der Waals surface area contributed by atoms with Crippen LogP contribution in [0.15, 0.2) is 23.1 Å². The van der Waals surface area contributed by atoms with Crippen LogP contribution in [0.2, 0.25) is 0 Å². The molecule has 1 heterocycles. The molecule has 2 unspecified atom stereocenters. The number of carbonyl (C=O) groups excluding carboxylic acids is 1. The first kappa shape index (κ1) is 17.7. The predicted octanol–water partition coefficient (Wildman–Crippen LogP) is 2.03. The SMILES string of the molecule is COCCn1cc(NC(=O)COC2CCCCC2C)ccc1=O. The van der Waals surface area contributed by atoms with Crippen molar-refractivity contribution in [2.75, 3.05) is 25.6 Å². The van der Waals surface area contributed by atoms with Gasteiger partial charge in [-0.3, -0.25) is 9.59 Å². The monoisotopic (exact) mass is 322 g/mol. The second kappa shape index (κ2) is 8.84. The van der Waals surface area contributed by atoms with E-state index in [0.29, 0.717) is 24.8 Å². The quantitative estimate of drug-likeness (QED) is 0.834. The molecule has 2 atom stereocenters. The second-order valence-corrected chi connectivity index (χ2v) is 6.10. The second-order valence-electron chi connectivity index (χ2n) is 6.10. The van der Waals surface area contributed by atoms with E-state index in [-0.39, 0.29) is 24.2 Å². The van der Waals surface area contributed by atoms with Crippen molar-refractivity contribution in [1.82, 2.24) is 4.57 Å². The number of methoxy groups -OCH3 is 1. The van der Waals surface area contributed by atoms with Crippen LogP contribution in [-0.2, 0) is 20.8 Å². The largest absolute Gasteiger partial charge is 0.383 e. The summed E-state index contributed by atoms with van der Waals surface area (Å²) in [5.41, 5.74) is 0.471. The standard InChI is InChI=1S/C17H26N2O4/c1-13-5-3-4-6-15(13)23-12-16(20)18-14-7-8-17(21)19(11-14)9-10-22-2/h7-8,11,13,15H,3-6,9-10,12H2,1-2H3,(H,18,20). The smallest absolute Gasteiger partial charge is 0.250 e. The van der Waals surface area contributed by atoms with Crippen molar-refractivity contribution < 1.29 is 14.3 Å². The third-order valence-electron chi connectivity index (χ3n) is 4.26. The predicted molar refractivity (Wildman–Crippen MR) is 88.6 cm³/mol. The molecule has 0 radical (unpaired) electrons. The fourth-order valence-electron chi connectivity index (χ4n) is 2.88. The van der Waals surface area contributed by atoms with Crippen LogP contribution < -0.4 is 10.9 Å². The van der Waals surface area contributed by atoms with Crippen LogP contribution in [0.1, 0.15) is 32.6 Å². The first-order chi connectivity index (χ1) is 11.1. The Hall–Kier alpha value is -1.66. The molecular formula is C17H26N2O4. The summed E-state index contributed by atoms with van der Waals surface area (Å²) in [5.74, 6) is 0.312. The maximum absolute atomic E-state index is 12.0. The fraction of sp³-hybridized carbons (Fsp3) is 0.647. The molecule has 0 bridgehead atoms. The number of amides is 1. The molecule has 2 rings (SSSR count). The number of hydrogen-bond acceptors (Lipinski definition) is 4. The summed E-state index contributed by atoms with van der Waals surface area (Å²) in [4.78, 5) is 23.7. The molecule has 6 nitrogen and oxygen atoms in total. The summed E-state index contributed by atoms with van der Waals surface area (Å²) in [6.07, 6.45) is 6.40. The van der Waals surface area contributed by atoms with E-state index in [1.165, 1.54) is 23.5 Å². The molecule has 1 saturated carbocycles. The van der Waals surface area contributed by atoms with Crippen LogP contribution in [0.5, 0.6) is 0 Å². The summed E-state index contributed by atoms with van der Waals surface area (Å²) >= 11 is 0. The minimum absolute atomic E-state index is 0.0478. The maximum atomic E-state index is 12.0. The van der Waals surface area contributed by atoms with Crippen LogP contribution in [0.25, 0.3) is 0 Å². The normalized spacial score (nSPS) is 21.1. The first-order valence-corrected chi connectivity index (χ1v) is 8.21. The van der Waals surface area contributed by atoms with E-state index in [1.54, 1.807) is 19.4 Å². The number of rotatable bonds is 7. The highest BCUT2D eigenvalue weighted by Gasteiger charge is 2.22. The topological polar surface area (TPSA) is 69.6 Å². The highest BCUT2D eigenvalue weighted by atomic mass is 16.5. The number of hydrogen-bond donors (Lipinski definition) is 1. The van der Waals surface area contributed by atoms with Gasteiger partial charge in [0.15, 0.2) is 0 Å². The van der Waals surface area contributed by atoms with Crippen LogP contribution in [0.4, 0.5) is 5.69 Å². The van der Waals surface area contributed by atoms with Crippen LogP contribution >= 0.6 is 0 Å². The van der Waals surface area contributed by atoms with Gasteiger partial charge in [0, 0.05) is 25.9 Å². The van der Waals surface area contributed by atoms with Gasteiger partial charge in [0.05, 0.1) is 18.4 Å². The summed E-state index contributed by atoms with van der Waals surface area (Å²) < 4.78 is 12.2. The molecule has 1 fully saturated rings. The van der Waals surface area contributed by atoms with Crippen molar-refractivity contribution in [3.8, 4) is 0 Å². The molecule has 0 saturated heterocycles. The number of anilines is 1. The molecule has 1 aliphatic carbocycles. The van der Waals surface area contributed by atoms with E-state index in [4.69, 9.17) is 9.47 Å². The lowest BCUT2D eigenvalue weighted by Gasteiger charge is -2.28. The summed E-state index contributed by atoms with van der Waals surface area (Å²) in [6, 6.07) is 3.04. The Labute approximate surface area is 136 Å². The Balaban J connectivity index is 1.86. The van der Waals surface area contributed by atoms with Crippen LogP contribution in [0.3, 0.4) is 0 Å². The van der Waals surface area contributed by atoms with Crippen LogP contribution in [-0.4, -0.2) is 36.9 Å². The molecule has 1 aromatic heterocycles. The van der Waals surface area contributed by atoms with Crippen molar-refractivity contribution in [1.29, 1.82) is 0 Å². The summed E-state index contributed by atoms with van der Waals surface area (Å²) in [7, 11) is 1.58. The Bertz CT molecular complexity index is 570. The van der Waals surface area contributed by atoms with Gasteiger partial charge in [0.25, 0.3) is 5.56 Å². The third kappa shape index (κ3) is 5.48. The Kier molecular flexibility index (Phi) is 6.80. The van der Waals surface area contributed by atoms with Crippen LogP contribution in [0, 0.1) is 5.92 Å². The average Bonchev–Trinajstić information content (AvgIpc) is 2.54. The van der Waals surface area contributed by atoms with E-state index in [2.05, 4.69) is 12.2 Å². The molecular weight excluding hydrogens is 296 g/mol.